The molecule has 0 heterocycles. The fourth-order valence-corrected chi connectivity index (χ4v) is 3.09. The number of nitro benzene ring substituents is 1. The van der Waals surface area contributed by atoms with Crippen molar-refractivity contribution in [3.8, 4) is 11.8 Å². The van der Waals surface area contributed by atoms with E-state index in [1.54, 1.807) is 0 Å². The molecular weight excluding hydrogens is 356 g/mol. The van der Waals surface area contributed by atoms with Crippen LogP contribution in [0.3, 0.4) is 0 Å². The van der Waals surface area contributed by atoms with Gasteiger partial charge < -0.3 is 5.11 Å². The molecule has 0 fully saturated rings. The normalized spacial score (nSPS) is 11.8. The molecule has 0 N–H and O–H groups in total. The van der Waals surface area contributed by atoms with Crippen molar-refractivity contribution in [2.45, 2.75) is 4.90 Å². The third-order valence-electron chi connectivity index (χ3n) is 3.01. The zero-order valence-electron chi connectivity index (χ0n) is 11.8. The van der Waals surface area contributed by atoms with E-state index >= 15 is 0 Å². The van der Waals surface area contributed by atoms with Gasteiger partial charge in [-0.2, -0.15) is 5.26 Å². The van der Waals surface area contributed by atoms with Gasteiger partial charge in [-0.1, -0.05) is 17.7 Å². The molecule has 0 aliphatic carbocycles. The zero-order valence-corrected chi connectivity index (χ0v) is 13.4. The molecule has 2 aromatic carbocycles. The number of nitro groups is 1. The molecule has 0 aromatic heterocycles. The van der Waals surface area contributed by atoms with Gasteiger partial charge in [-0.3, -0.25) is 10.1 Å². The molecule has 0 spiro atoms. The highest BCUT2D eigenvalue weighted by Crippen LogP contribution is 2.27. The van der Waals surface area contributed by atoms with Crippen LogP contribution in [0.5, 0.6) is 5.75 Å². The van der Waals surface area contributed by atoms with E-state index in [1.165, 1.54) is 30.3 Å². The minimum atomic E-state index is -4.18. The molecule has 0 bridgehead atoms. The van der Waals surface area contributed by atoms with Gasteiger partial charge in [-0.05, 0) is 35.9 Å². The van der Waals surface area contributed by atoms with Crippen LogP contribution in [0.1, 0.15) is 5.56 Å². The Balaban J connectivity index is 2.58. The first-order valence-corrected chi connectivity index (χ1v) is 8.19. The minimum absolute atomic E-state index is 0.183. The first-order chi connectivity index (χ1) is 11.3. The third kappa shape index (κ3) is 3.53. The molecule has 24 heavy (non-hydrogen) atoms. The van der Waals surface area contributed by atoms with Gasteiger partial charge >= 0.3 is 0 Å². The van der Waals surface area contributed by atoms with Gasteiger partial charge in [0.2, 0.25) is 9.84 Å². The predicted molar refractivity (Wildman–Crippen MR) is 84.8 cm³/mol. The molecule has 2 aromatic rings. The Bertz CT molecular complexity index is 976. The van der Waals surface area contributed by atoms with E-state index < -0.39 is 25.4 Å². The van der Waals surface area contributed by atoms with E-state index in [9.17, 15) is 23.6 Å². The highest BCUT2D eigenvalue weighted by Gasteiger charge is 2.21. The minimum Gasteiger partial charge on any atom is -0.872 e. The molecule has 0 aliphatic rings. The topological polar surface area (TPSA) is 124 Å². The van der Waals surface area contributed by atoms with E-state index in [0.717, 1.165) is 24.3 Å². The maximum Gasteiger partial charge on any atom is 0.269 e. The number of nitrogens with zero attached hydrogens (tertiary/aromatic N) is 2. The molecule has 0 saturated heterocycles. The predicted octanol–water partition coefficient (Wildman–Crippen LogP) is 2.66. The van der Waals surface area contributed by atoms with Crippen LogP contribution in [-0.4, -0.2) is 13.3 Å². The number of non-ortho nitro benzene ring substituents is 1. The molecule has 0 atom stereocenters. The molecular formula is C15H8ClN2O5S-. The van der Waals surface area contributed by atoms with Crippen molar-refractivity contribution >= 4 is 33.2 Å². The first kappa shape index (κ1) is 17.5. The lowest BCUT2D eigenvalue weighted by molar-refractivity contribution is -0.385. The fraction of sp³-hybridized carbons (Fsp3) is 0. The van der Waals surface area contributed by atoms with Gasteiger partial charge in [0, 0.05) is 17.2 Å². The summed E-state index contributed by atoms with van der Waals surface area (Å²) in [6.07, 6.45) is 0.819. The third-order valence-corrected chi connectivity index (χ3v) is 4.95. The van der Waals surface area contributed by atoms with E-state index in [1.807, 2.05) is 0 Å². The molecule has 122 valence electrons. The summed E-state index contributed by atoms with van der Waals surface area (Å²) in [6.45, 7) is 0. The van der Waals surface area contributed by atoms with Gasteiger partial charge in [-0.25, -0.2) is 8.42 Å². The molecule has 0 amide bonds. The number of sulfone groups is 1. The van der Waals surface area contributed by atoms with Gasteiger partial charge in [0.25, 0.3) is 5.69 Å². The van der Waals surface area contributed by atoms with E-state index in [2.05, 4.69) is 0 Å². The number of halogens is 1. The Labute approximate surface area is 142 Å². The average molecular weight is 364 g/mol. The molecule has 0 saturated carbocycles. The zero-order chi connectivity index (χ0) is 17.9. The van der Waals surface area contributed by atoms with Gasteiger partial charge in [-0.15, -0.1) is 5.75 Å². The first-order valence-electron chi connectivity index (χ1n) is 6.33. The Kier molecular flexibility index (Phi) is 4.87. The number of allylic oxidation sites excluding steroid dienone is 1. The van der Waals surface area contributed by atoms with Crippen molar-refractivity contribution in [2.75, 3.05) is 0 Å². The summed E-state index contributed by atoms with van der Waals surface area (Å²) in [5.74, 6) is -0.639. The van der Waals surface area contributed by atoms with Crippen molar-refractivity contribution < 1.29 is 18.4 Å². The van der Waals surface area contributed by atoms with E-state index in [0.29, 0.717) is 5.02 Å². The largest absolute Gasteiger partial charge is 0.872 e. The van der Waals surface area contributed by atoms with Crippen molar-refractivity contribution in [2.24, 2.45) is 0 Å². The van der Waals surface area contributed by atoms with Crippen molar-refractivity contribution in [1.82, 2.24) is 0 Å². The maximum absolute atomic E-state index is 12.4. The second-order valence-corrected chi connectivity index (χ2v) is 6.91. The van der Waals surface area contributed by atoms with Crippen LogP contribution < -0.4 is 5.11 Å². The Morgan fingerprint density at radius 3 is 2.38 bits per heavy atom. The number of nitriles is 1. The lowest BCUT2D eigenvalue weighted by Gasteiger charge is -2.10. The number of benzene rings is 2. The van der Waals surface area contributed by atoms with Crippen LogP contribution in [0, 0.1) is 21.4 Å². The number of rotatable bonds is 4. The fourth-order valence-electron chi connectivity index (χ4n) is 1.81. The Morgan fingerprint density at radius 1 is 1.21 bits per heavy atom. The van der Waals surface area contributed by atoms with Crippen LogP contribution in [0.15, 0.2) is 52.3 Å². The van der Waals surface area contributed by atoms with Gasteiger partial charge in [0.05, 0.1) is 9.82 Å². The quantitative estimate of drug-likeness (QED) is 0.467. The second kappa shape index (κ2) is 6.70. The van der Waals surface area contributed by atoms with Gasteiger partial charge in [0.15, 0.2) is 0 Å². The summed E-state index contributed by atoms with van der Waals surface area (Å²) in [5.41, 5.74) is -0.652. The Hall–Kier alpha value is -2.89. The monoisotopic (exact) mass is 363 g/mol. The average Bonchev–Trinajstić information content (AvgIpc) is 2.54. The van der Waals surface area contributed by atoms with Crippen molar-refractivity contribution in [3.05, 3.63) is 68.1 Å². The molecule has 9 heteroatoms. The number of hydrogen-bond donors (Lipinski definition) is 0. The summed E-state index contributed by atoms with van der Waals surface area (Å²) in [6, 6.07) is 9.48. The standard InChI is InChI=1S/C15H9ClN2O5S/c16-11-1-4-13(5-2-11)24(22,23)14(9-17)8-10-7-12(18(20)21)3-6-15(10)19/h1-8,19H/p-1/b14-8+. The van der Waals surface area contributed by atoms with Crippen LogP contribution in [0.25, 0.3) is 6.08 Å². The summed E-state index contributed by atoms with van der Waals surface area (Å²) in [7, 11) is -4.18. The van der Waals surface area contributed by atoms with Crippen molar-refractivity contribution in [1.29, 1.82) is 5.26 Å². The maximum atomic E-state index is 12.4. The molecule has 2 rings (SSSR count). The van der Waals surface area contributed by atoms with E-state index in [4.69, 9.17) is 16.9 Å². The highest BCUT2D eigenvalue weighted by molar-refractivity contribution is 7.95. The summed E-state index contributed by atoms with van der Waals surface area (Å²) in [5, 5.41) is 32.0. The highest BCUT2D eigenvalue weighted by atomic mass is 35.5. The number of hydrogen-bond acceptors (Lipinski definition) is 6. The van der Waals surface area contributed by atoms with Crippen LogP contribution in [-0.2, 0) is 9.84 Å². The van der Waals surface area contributed by atoms with Crippen molar-refractivity contribution in [3.63, 3.8) is 0 Å². The lowest BCUT2D eigenvalue weighted by atomic mass is 10.1. The SMILES string of the molecule is N#C/C(=C\c1cc([N+](=O)[O-])ccc1[O-])S(=O)(=O)c1ccc(Cl)cc1. The molecule has 0 unspecified atom stereocenters. The summed E-state index contributed by atoms with van der Waals surface area (Å²) in [4.78, 5) is 9.14. The molecule has 0 aliphatic heterocycles. The summed E-state index contributed by atoms with van der Waals surface area (Å²) < 4.78 is 24.9. The van der Waals surface area contributed by atoms with Crippen LogP contribution >= 0.6 is 11.6 Å². The summed E-state index contributed by atoms with van der Waals surface area (Å²) >= 11 is 5.69. The Morgan fingerprint density at radius 2 is 1.83 bits per heavy atom. The molecule has 7 nitrogen and oxygen atoms in total. The van der Waals surface area contributed by atoms with Crippen LogP contribution in [0.2, 0.25) is 5.02 Å². The van der Waals surface area contributed by atoms with E-state index in [-0.39, 0.29) is 16.1 Å². The van der Waals surface area contributed by atoms with Crippen LogP contribution in [0.4, 0.5) is 5.69 Å². The smallest absolute Gasteiger partial charge is 0.269 e. The molecule has 0 radical (unpaired) electrons. The van der Waals surface area contributed by atoms with Gasteiger partial charge in [0.1, 0.15) is 11.0 Å². The second-order valence-electron chi connectivity index (χ2n) is 4.56. The lowest BCUT2D eigenvalue weighted by Crippen LogP contribution is -2.04.